The lowest BCUT2D eigenvalue weighted by Gasteiger charge is -2.07. The topological polar surface area (TPSA) is 38.0 Å². The van der Waals surface area contributed by atoms with Crippen molar-refractivity contribution in [3.63, 3.8) is 0 Å². The number of rotatable bonds is 3. The molecule has 0 fully saturated rings. The van der Waals surface area contributed by atoms with Crippen molar-refractivity contribution in [1.29, 1.82) is 0 Å². The Hall–Kier alpha value is -0.750. The molecule has 0 radical (unpaired) electrons. The fourth-order valence-electron chi connectivity index (χ4n) is 1.27. The van der Waals surface area contributed by atoms with Gasteiger partial charge in [0, 0.05) is 21.5 Å². The molecule has 0 bridgehead atoms. The van der Waals surface area contributed by atoms with Crippen molar-refractivity contribution in [2.75, 3.05) is 11.1 Å². The molecular weight excluding hydrogens is 319 g/mol. The van der Waals surface area contributed by atoms with E-state index in [0.717, 1.165) is 21.5 Å². The second-order valence-electron chi connectivity index (χ2n) is 3.22. The average molecular weight is 330 g/mol. The predicted octanol–water partition coefficient (Wildman–Crippen LogP) is 3.55. The summed E-state index contributed by atoms with van der Waals surface area (Å²) in [4.78, 5) is 0. The Morgan fingerprint density at radius 2 is 2.20 bits per heavy atom. The van der Waals surface area contributed by atoms with Crippen LogP contribution in [-0.4, -0.2) is 0 Å². The Kier molecular flexibility index (Phi) is 3.48. The summed E-state index contributed by atoms with van der Waals surface area (Å²) in [6.07, 6.45) is 0. The lowest BCUT2D eigenvalue weighted by molar-refractivity contribution is 1.16. The summed E-state index contributed by atoms with van der Waals surface area (Å²) in [5.41, 5.74) is 8.94. The molecule has 0 spiro atoms. The summed E-state index contributed by atoms with van der Waals surface area (Å²) in [5, 5.41) is 7.62. The lowest BCUT2D eigenvalue weighted by Crippen LogP contribution is -2.00. The summed E-state index contributed by atoms with van der Waals surface area (Å²) in [7, 11) is 0. The van der Waals surface area contributed by atoms with Gasteiger partial charge in [0.1, 0.15) is 0 Å². The molecule has 1 heterocycles. The number of benzene rings is 1. The van der Waals surface area contributed by atoms with Crippen molar-refractivity contribution < 1.29 is 0 Å². The first-order chi connectivity index (χ1) is 7.25. The highest BCUT2D eigenvalue weighted by Crippen LogP contribution is 2.21. The molecule has 1 aromatic carbocycles. The second-order valence-corrected chi connectivity index (χ2v) is 5.17. The highest BCUT2D eigenvalue weighted by atomic mass is 127. The second kappa shape index (κ2) is 4.85. The van der Waals surface area contributed by atoms with E-state index >= 15 is 0 Å². The number of anilines is 2. The molecular formula is C11H11IN2S. The van der Waals surface area contributed by atoms with Gasteiger partial charge in [0.2, 0.25) is 0 Å². The van der Waals surface area contributed by atoms with Crippen LogP contribution in [-0.2, 0) is 6.54 Å². The van der Waals surface area contributed by atoms with Crippen molar-refractivity contribution >= 4 is 45.3 Å². The van der Waals surface area contributed by atoms with Gasteiger partial charge in [0.25, 0.3) is 0 Å². The molecule has 0 unspecified atom stereocenters. The first-order valence-corrected chi connectivity index (χ1v) is 6.58. The summed E-state index contributed by atoms with van der Waals surface area (Å²) in [6, 6.07) is 8.03. The molecule has 4 heteroatoms. The molecule has 0 aliphatic rings. The summed E-state index contributed by atoms with van der Waals surface area (Å²) >= 11 is 4.01. The number of thiophene rings is 1. The largest absolute Gasteiger partial charge is 0.399 e. The van der Waals surface area contributed by atoms with Gasteiger partial charge in [0.05, 0.1) is 0 Å². The fraction of sp³-hybridized carbons (Fsp3) is 0.0909. The number of hydrogen-bond acceptors (Lipinski definition) is 3. The third-order valence-electron chi connectivity index (χ3n) is 2.06. The minimum atomic E-state index is 0.806. The monoisotopic (exact) mass is 330 g/mol. The van der Waals surface area contributed by atoms with E-state index in [1.54, 1.807) is 11.3 Å². The Bertz CT molecular complexity index is 440. The maximum Gasteiger partial charge on any atom is 0.0480 e. The molecule has 15 heavy (non-hydrogen) atoms. The zero-order valence-corrected chi connectivity index (χ0v) is 11.0. The van der Waals surface area contributed by atoms with Crippen LogP contribution in [0.2, 0.25) is 0 Å². The minimum Gasteiger partial charge on any atom is -0.399 e. The molecule has 0 atom stereocenters. The standard InChI is InChI=1S/C11H11IN2S/c12-10-5-9(13)1-2-11(10)14-6-8-3-4-15-7-8/h1-5,7,14H,6,13H2. The van der Waals surface area contributed by atoms with Gasteiger partial charge >= 0.3 is 0 Å². The van der Waals surface area contributed by atoms with Crippen molar-refractivity contribution in [3.8, 4) is 0 Å². The Morgan fingerprint density at radius 3 is 2.87 bits per heavy atom. The maximum absolute atomic E-state index is 5.69. The van der Waals surface area contributed by atoms with Crippen LogP contribution < -0.4 is 11.1 Å². The zero-order chi connectivity index (χ0) is 10.7. The molecule has 0 aliphatic heterocycles. The smallest absolute Gasteiger partial charge is 0.0480 e. The van der Waals surface area contributed by atoms with E-state index in [1.807, 2.05) is 18.2 Å². The highest BCUT2D eigenvalue weighted by Gasteiger charge is 1.99. The molecule has 0 saturated carbocycles. The van der Waals surface area contributed by atoms with Crippen LogP contribution in [0.5, 0.6) is 0 Å². The van der Waals surface area contributed by atoms with Gasteiger partial charge in [-0.15, -0.1) is 0 Å². The minimum absolute atomic E-state index is 0.806. The normalized spacial score (nSPS) is 10.2. The fourth-order valence-corrected chi connectivity index (χ4v) is 2.66. The van der Waals surface area contributed by atoms with E-state index < -0.39 is 0 Å². The average Bonchev–Trinajstić information content (AvgIpc) is 2.69. The van der Waals surface area contributed by atoms with Crippen LogP contribution in [0.1, 0.15) is 5.56 Å². The quantitative estimate of drug-likeness (QED) is 0.667. The van der Waals surface area contributed by atoms with E-state index in [2.05, 4.69) is 44.7 Å². The van der Waals surface area contributed by atoms with E-state index in [0.29, 0.717) is 0 Å². The van der Waals surface area contributed by atoms with Gasteiger partial charge in [0.15, 0.2) is 0 Å². The molecule has 78 valence electrons. The van der Waals surface area contributed by atoms with Gasteiger partial charge in [-0.3, -0.25) is 0 Å². The van der Waals surface area contributed by atoms with Gasteiger partial charge in [-0.25, -0.2) is 0 Å². The van der Waals surface area contributed by atoms with E-state index in [9.17, 15) is 0 Å². The molecule has 0 saturated heterocycles. The number of nitrogens with two attached hydrogens (primary N) is 1. The van der Waals surface area contributed by atoms with Gasteiger partial charge in [-0.2, -0.15) is 11.3 Å². The SMILES string of the molecule is Nc1ccc(NCc2ccsc2)c(I)c1. The van der Waals surface area contributed by atoms with Crippen molar-refractivity contribution in [1.82, 2.24) is 0 Å². The van der Waals surface area contributed by atoms with Gasteiger partial charge in [-0.05, 0) is 63.2 Å². The zero-order valence-electron chi connectivity index (χ0n) is 8.03. The molecule has 1 aromatic heterocycles. The molecule has 2 nitrogen and oxygen atoms in total. The van der Waals surface area contributed by atoms with Crippen molar-refractivity contribution in [2.45, 2.75) is 6.54 Å². The van der Waals surface area contributed by atoms with Gasteiger partial charge < -0.3 is 11.1 Å². The Labute approximate surface area is 107 Å². The number of hydrogen-bond donors (Lipinski definition) is 2. The van der Waals surface area contributed by atoms with Crippen LogP contribution in [0.3, 0.4) is 0 Å². The first kappa shape index (κ1) is 10.8. The molecule has 2 aromatic rings. The van der Waals surface area contributed by atoms with Crippen LogP contribution >= 0.6 is 33.9 Å². The van der Waals surface area contributed by atoms with Gasteiger partial charge in [-0.1, -0.05) is 0 Å². The van der Waals surface area contributed by atoms with E-state index in [1.165, 1.54) is 5.56 Å². The lowest BCUT2D eigenvalue weighted by atomic mass is 10.2. The summed E-state index contributed by atoms with van der Waals surface area (Å²) < 4.78 is 1.16. The van der Waals surface area contributed by atoms with E-state index in [4.69, 9.17) is 5.73 Å². The van der Waals surface area contributed by atoms with Crippen LogP contribution in [0.25, 0.3) is 0 Å². The number of nitrogen functional groups attached to an aromatic ring is 1. The highest BCUT2D eigenvalue weighted by molar-refractivity contribution is 14.1. The van der Waals surface area contributed by atoms with Crippen molar-refractivity contribution in [2.24, 2.45) is 0 Å². The molecule has 0 aliphatic carbocycles. The third kappa shape index (κ3) is 2.85. The third-order valence-corrected chi connectivity index (χ3v) is 3.68. The Morgan fingerprint density at radius 1 is 1.33 bits per heavy atom. The molecule has 2 rings (SSSR count). The van der Waals surface area contributed by atoms with Crippen LogP contribution in [0.15, 0.2) is 35.0 Å². The first-order valence-electron chi connectivity index (χ1n) is 4.55. The maximum atomic E-state index is 5.69. The predicted molar refractivity (Wildman–Crippen MR) is 75.2 cm³/mol. The summed E-state index contributed by atoms with van der Waals surface area (Å²) in [6.45, 7) is 0.865. The summed E-state index contributed by atoms with van der Waals surface area (Å²) in [5.74, 6) is 0. The van der Waals surface area contributed by atoms with Crippen LogP contribution in [0, 0.1) is 3.57 Å². The number of nitrogens with one attached hydrogen (secondary N) is 1. The molecule has 0 amide bonds. The molecule has 3 N–H and O–H groups in total. The van der Waals surface area contributed by atoms with Crippen molar-refractivity contribution in [3.05, 3.63) is 44.2 Å². The van der Waals surface area contributed by atoms with Crippen LogP contribution in [0.4, 0.5) is 11.4 Å². The Balaban J connectivity index is 2.05. The van der Waals surface area contributed by atoms with E-state index in [-0.39, 0.29) is 0 Å². The number of halogens is 1.